The van der Waals surface area contributed by atoms with Crippen molar-refractivity contribution in [3.05, 3.63) is 82.6 Å². The largest absolute Gasteiger partial charge is 0.573 e. The highest BCUT2D eigenvalue weighted by atomic mass is 32.1. The van der Waals surface area contributed by atoms with E-state index >= 15 is 0 Å². The van der Waals surface area contributed by atoms with E-state index in [1.165, 1.54) is 28.9 Å². The second-order valence-electron chi connectivity index (χ2n) is 7.66. The standard InChI is InChI=1S/C24H19F3N4O3S/c1-14(2)31-19(32)13-12-17(30-31)21-20(15-8-4-3-5-9-15)28-23(35-21)29-22(33)16-10-6-7-11-18(16)34-24(25,26)27/h3-14H,1-2H3,(H,28,29,33). The van der Waals surface area contributed by atoms with Crippen LogP contribution in [0.15, 0.2) is 71.5 Å². The lowest BCUT2D eigenvalue weighted by molar-refractivity contribution is -0.274. The Morgan fingerprint density at radius 2 is 1.71 bits per heavy atom. The highest BCUT2D eigenvalue weighted by Gasteiger charge is 2.33. The molecule has 0 fully saturated rings. The third-order valence-electron chi connectivity index (χ3n) is 4.80. The summed E-state index contributed by atoms with van der Waals surface area (Å²) in [5.41, 5.74) is 1.16. The molecule has 180 valence electrons. The molecule has 0 unspecified atom stereocenters. The minimum Gasteiger partial charge on any atom is -0.405 e. The topological polar surface area (TPSA) is 86.1 Å². The first kappa shape index (κ1) is 24.1. The van der Waals surface area contributed by atoms with Crippen molar-refractivity contribution < 1.29 is 22.7 Å². The van der Waals surface area contributed by atoms with E-state index in [2.05, 4.69) is 20.1 Å². The summed E-state index contributed by atoms with van der Waals surface area (Å²) >= 11 is 1.09. The van der Waals surface area contributed by atoms with Crippen LogP contribution in [-0.4, -0.2) is 27.0 Å². The number of para-hydroxylation sites is 1. The van der Waals surface area contributed by atoms with E-state index in [4.69, 9.17) is 0 Å². The number of nitrogens with one attached hydrogen (secondary N) is 1. The van der Waals surface area contributed by atoms with Gasteiger partial charge in [0, 0.05) is 11.6 Å². The van der Waals surface area contributed by atoms with Crippen LogP contribution in [0.4, 0.5) is 18.3 Å². The first-order valence-corrected chi connectivity index (χ1v) is 11.3. The van der Waals surface area contributed by atoms with Crippen LogP contribution in [0.25, 0.3) is 21.8 Å². The maximum Gasteiger partial charge on any atom is 0.573 e. The fourth-order valence-corrected chi connectivity index (χ4v) is 4.24. The fourth-order valence-electron chi connectivity index (χ4n) is 3.29. The van der Waals surface area contributed by atoms with Gasteiger partial charge in [-0.25, -0.2) is 9.67 Å². The Kier molecular flexibility index (Phi) is 6.70. The van der Waals surface area contributed by atoms with E-state index < -0.39 is 18.0 Å². The minimum absolute atomic E-state index is 0.148. The first-order chi connectivity index (χ1) is 16.6. The van der Waals surface area contributed by atoms with Gasteiger partial charge < -0.3 is 4.74 Å². The molecule has 0 radical (unpaired) electrons. The quantitative estimate of drug-likeness (QED) is 0.364. The van der Waals surface area contributed by atoms with Crippen LogP contribution in [0.1, 0.15) is 30.2 Å². The van der Waals surface area contributed by atoms with Gasteiger partial charge in [0.05, 0.1) is 22.2 Å². The first-order valence-electron chi connectivity index (χ1n) is 10.4. The molecule has 1 N–H and O–H groups in total. The molecular formula is C24H19F3N4O3S. The van der Waals surface area contributed by atoms with Crippen LogP contribution in [0.3, 0.4) is 0 Å². The van der Waals surface area contributed by atoms with Gasteiger partial charge in [-0.3, -0.25) is 14.9 Å². The van der Waals surface area contributed by atoms with Crippen molar-refractivity contribution in [3.63, 3.8) is 0 Å². The number of hydrogen-bond acceptors (Lipinski definition) is 6. The molecule has 0 saturated carbocycles. The molecule has 4 rings (SSSR count). The molecule has 0 aliphatic rings. The fraction of sp³-hybridized carbons (Fsp3) is 0.167. The normalized spacial score (nSPS) is 11.5. The molecule has 0 spiro atoms. The number of thiazole rings is 1. The number of rotatable bonds is 6. The van der Waals surface area contributed by atoms with Crippen LogP contribution < -0.4 is 15.6 Å². The molecule has 2 aromatic heterocycles. The number of anilines is 1. The number of alkyl halides is 3. The van der Waals surface area contributed by atoms with Gasteiger partial charge in [0.25, 0.3) is 11.5 Å². The van der Waals surface area contributed by atoms with E-state index in [-0.39, 0.29) is 22.3 Å². The number of aromatic nitrogens is 3. The van der Waals surface area contributed by atoms with Crippen molar-refractivity contribution in [1.29, 1.82) is 0 Å². The van der Waals surface area contributed by atoms with Crippen molar-refractivity contribution in [3.8, 4) is 27.6 Å². The van der Waals surface area contributed by atoms with Crippen LogP contribution >= 0.6 is 11.3 Å². The molecule has 0 aliphatic heterocycles. The number of nitrogens with zero attached hydrogens (tertiary/aromatic N) is 3. The average Bonchev–Trinajstić information content (AvgIpc) is 3.22. The summed E-state index contributed by atoms with van der Waals surface area (Å²) in [6.45, 7) is 3.66. The summed E-state index contributed by atoms with van der Waals surface area (Å²) in [6.07, 6.45) is -4.95. The van der Waals surface area contributed by atoms with Gasteiger partial charge in [0.2, 0.25) is 0 Å². The Bertz CT molecular complexity index is 1420. The van der Waals surface area contributed by atoms with E-state index in [1.807, 2.05) is 44.2 Å². The highest BCUT2D eigenvalue weighted by Crippen LogP contribution is 2.38. The Morgan fingerprint density at radius 1 is 1.03 bits per heavy atom. The number of carbonyl (C=O) groups excluding carboxylic acids is 1. The lowest BCUT2D eigenvalue weighted by atomic mass is 10.1. The smallest absolute Gasteiger partial charge is 0.405 e. The summed E-state index contributed by atoms with van der Waals surface area (Å²) in [5.74, 6) is -1.44. The molecule has 1 amide bonds. The van der Waals surface area contributed by atoms with Gasteiger partial charge in [-0.05, 0) is 32.0 Å². The molecule has 2 heterocycles. The number of carbonyl (C=O) groups is 1. The zero-order valence-electron chi connectivity index (χ0n) is 18.5. The van der Waals surface area contributed by atoms with Gasteiger partial charge in [0.15, 0.2) is 5.13 Å². The lowest BCUT2D eigenvalue weighted by Crippen LogP contribution is -2.23. The summed E-state index contributed by atoms with van der Waals surface area (Å²) in [7, 11) is 0. The number of hydrogen-bond donors (Lipinski definition) is 1. The van der Waals surface area contributed by atoms with E-state index in [1.54, 1.807) is 6.07 Å². The van der Waals surface area contributed by atoms with Gasteiger partial charge in [-0.2, -0.15) is 5.10 Å². The Morgan fingerprint density at radius 3 is 2.40 bits per heavy atom. The molecule has 0 bridgehead atoms. The zero-order chi connectivity index (χ0) is 25.2. The third kappa shape index (κ3) is 5.57. The molecule has 11 heteroatoms. The highest BCUT2D eigenvalue weighted by molar-refractivity contribution is 7.19. The van der Waals surface area contributed by atoms with Gasteiger partial charge in [-0.15, -0.1) is 13.2 Å². The summed E-state index contributed by atoms with van der Waals surface area (Å²) in [4.78, 5) is 30.1. The molecule has 4 aromatic rings. The zero-order valence-corrected chi connectivity index (χ0v) is 19.4. The molecule has 0 atom stereocenters. The van der Waals surface area contributed by atoms with Gasteiger partial charge in [-0.1, -0.05) is 53.8 Å². The van der Waals surface area contributed by atoms with Gasteiger partial charge >= 0.3 is 6.36 Å². The number of ether oxygens (including phenoxy) is 1. The SMILES string of the molecule is CC(C)n1nc(-c2sc(NC(=O)c3ccccc3OC(F)(F)F)nc2-c2ccccc2)ccc1=O. The molecular weight excluding hydrogens is 481 g/mol. The van der Waals surface area contributed by atoms with Crippen molar-refractivity contribution in [2.45, 2.75) is 26.3 Å². The third-order valence-corrected chi connectivity index (χ3v) is 5.79. The van der Waals surface area contributed by atoms with E-state index in [0.717, 1.165) is 23.0 Å². The monoisotopic (exact) mass is 500 g/mol. The second-order valence-corrected chi connectivity index (χ2v) is 8.66. The van der Waals surface area contributed by atoms with Gasteiger partial charge in [0.1, 0.15) is 11.4 Å². The van der Waals surface area contributed by atoms with Crippen molar-refractivity contribution in [2.24, 2.45) is 0 Å². The predicted molar refractivity (Wildman–Crippen MR) is 127 cm³/mol. The van der Waals surface area contributed by atoms with Crippen LogP contribution in [0.2, 0.25) is 0 Å². The molecule has 7 nitrogen and oxygen atoms in total. The predicted octanol–water partition coefficient (Wildman–Crippen LogP) is 5.77. The van der Waals surface area contributed by atoms with E-state index in [9.17, 15) is 22.8 Å². The minimum atomic E-state index is -4.95. The average molecular weight is 501 g/mol. The Balaban J connectivity index is 1.75. The number of amides is 1. The Labute approximate surface area is 201 Å². The molecule has 0 saturated heterocycles. The van der Waals surface area contributed by atoms with Crippen molar-refractivity contribution in [1.82, 2.24) is 14.8 Å². The summed E-state index contributed by atoms with van der Waals surface area (Å²) < 4.78 is 43.6. The number of halogens is 3. The maximum atomic E-state index is 12.8. The van der Waals surface area contributed by atoms with E-state index in [0.29, 0.717) is 16.3 Å². The van der Waals surface area contributed by atoms with Crippen molar-refractivity contribution in [2.75, 3.05) is 5.32 Å². The number of benzene rings is 2. The Hall–Kier alpha value is -3.99. The van der Waals surface area contributed by atoms with Crippen LogP contribution in [-0.2, 0) is 0 Å². The summed E-state index contributed by atoms with van der Waals surface area (Å²) in [6, 6.07) is 17.0. The summed E-state index contributed by atoms with van der Waals surface area (Å²) in [5, 5.41) is 7.16. The van der Waals surface area contributed by atoms with Crippen molar-refractivity contribution >= 4 is 22.4 Å². The maximum absolute atomic E-state index is 12.8. The van der Waals surface area contributed by atoms with Crippen LogP contribution in [0, 0.1) is 0 Å². The molecule has 35 heavy (non-hydrogen) atoms. The molecule has 2 aromatic carbocycles. The lowest BCUT2D eigenvalue weighted by Gasteiger charge is -2.12. The van der Waals surface area contributed by atoms with Crippen LogP contribution in [0.5, 0.6) is 5.75 Å². The molecule has 0 aliphatic carbocycles. The second kappa shape index (κ2) is 9.71.